The summed E-state index contributed by atoms with van der Waals surface area (Å²) in [4.78, 5) is 13.3. The van der Waals surface area contributed by atoms with Crippen LogP contribution in [0.25, 0.3) is 0 Å². The van der Waals surface area contributed by atoms with E-state index >= 15 is 0 Å². The van der Waals surface area contributed by atoms with E-state index < -0.39 is 11.5 Å². The number of terminal acetylenes is 1. The van der Waals surface area contributed by atoms with Crippen molar-refractivity contribution in [3.05, 3.63) is 0 Å². The van der Waals surface area contributed by atoms with E-state index in [2.05, 4.69) is 16.1 Å². The molecule has 0 spiro atoms. The summed E-state index contributed by atoms with van der Waals surface area (Å²) in [6, 6.07) is 0. The van der Waals surface area contributed by atoms with Crippen LogP contribution in [0.2, 0.25) is 0 Å². The predicted molar refractivity (Wildman–Crippen MR) is 53.9 cm³/mol. The number of nitrogens with zero attached hydrogens (tertiary/aromatic N) is 1. The number of carboxylic acids is 1. The molecule has 1 heterocycles. The molecule has 78 valence electrons. The van der Waals surface area contributed by atoms with Crippen LogP contribution in [0, 0.1) is 12.3 Å². The van der Waals surface area contributed by atoms with Crippen LogP contribution in [0.3, 0.4) is 0 Å². The summed E-state index contributed by atoms with van der Waals surface area (Å²) in [5, 5.41) is 12.1. The Kier molecular flexibility index (Phi) is 3.50. The highest BCUT2D eigenvalue weighted by Gasteiger charge is 2.40. The second-order valence-corrected chi connectivity index (χ2v) is 3.75. The van der Waals surface area contributed by atoms with Gasteiger partial charge in [-0.25, -0.2) is 0 Å². The van der Waals surface area contributed by atoms with Gasteiger partial charge in [0.25, 0.3) is 0 Å². The summed E-state index contributed by atoms with van der Waals surface area (Å²) in [6.07, 6.45) is 6.34. The molecule has 1 fully saturated rings. The first-order valence-electron chi connectivity index (χ1n) is 4.71. The van der Waals surface area contributed by atoms with Crippen LogP contribution in [-0.4, -0.2) is 48.2 Å². The van der Waals surface area contributed by atoms with Gasteiger partial charge in [-0.05, 0) is 19.9 Å². The zero-order valence-corrected chi connectivity index (χ0v) is 8.42. The van der Waals surface area contributed by atoms with Crippen molar-refractivity contribution in [3.63, 3.8) is 0 Å². The summed E-state index contributed by atoms with van der Waals surface area (Å²) >= 11 is 0. The number of hydrogen-bond donors (Lipinski definition) is 2. The lowest BCUT2D eigenvalue weighted by atomic mass is 9.87. The number of rotatable bonds is 3. The van der Waals surface area contributed by atoms with Gasteiger partial charge in [0.1, 0.15) is 5.54 Å². The standard InChI is InChI=1S/C10H16N2O2/c1-3-6-11-10(9(13)14)4-7-12(2)8-5-10/h1,11H,4-8H2,2H3,(H,13,14). The highest BCUT2D eigenvalue weighted by atomic mass is 16.4. The lowest BCUT2D eigenvalue weighted by Crippen LogP contribution is -2.57. The quantitative estimate of drug-likeness (QED) is 0.612. The molecule has 2 N–H and O–H groups in total. The molecule has 14 heavy (non-hydrogen) atoms. The molecule has 0 saturated carbocycles. The Balaban J connectivity index is 2.64. The summed E-state index contributed by atoms with van der Waals surface area (Å²) < 4.78 is 0. The van der Waals surface area contributed by atoms with Gasteiger partial charge in [0.15, 0.2) is 0 Å². The number of carbonyl (C=O) groups is 1. The molecule has 0 amide bonds. The lowest BCUT2D eigenvalue weighted by Gasteiger charge is -2.37. The summed E-state index contributed by atoms with van der Waals surface area (Å²) in [5.74, 6) is 1.63. The maximum atomic E-state index is 11.1. The molecule has 1 aliphatic rings. The van der Waals surface area contributed by atoms with E-state index in [0.29, 0.717) is 19.4 Å². The van der Waals surface area contributed by atoms with E-state index in [1.165, 1.54) is 0 Å². The Bertz CT molecular complexity index is 249. The van der Waals surface area contributed by atoms with Crippen LogP contribution in [0.1, 0.15) is 12.8 Å². The van der Waals surface area contributed by atoms with Crippen LogP contribution in [0.15, 0.2) is 0 Å². The molecule has 0 aromatic rings. The third-order valence-corrected chi connectivity index (χ3v) is 2.78. The van der Waals surface area contributed by atoms with Crippen molar-refractivity contribution in [3.8, 4) is 12.3 Å². The average Bonchev–Trinajstić information content (AvgIpc) is 2.17. The zero-order valence-electron chi connectivity index (χ0n) is 8.42. The van der Waals surface area contributed by atoms with E-state index in [1.54, 1.807) is 0 Å². The monoisotopic (exact) mass is 196 g/mol. The minimum atomic E-state index is -0.807. The Morgan fingerprint density at radius 1 is 1.64 bits per heavy atom. The Morgan fingerprint density at radius 3 is 2.64 bits per heavy atom. The third kappa shape index (κ3) is 2.25. The molecule has 0 unspecified atom stereocenters. The van der Waals surface area contributed by atoms with Crippen molar-refractivity contribution in [1.29, 1.82) is 0 Å². The normalized spacial score (nSPS) is 21.4. The van der Waals surface area contributed by atoms with Gasteiger partial charge in [0, 0.05) is 13.1 Å². The maximum Gasteiger partial charge on any atom is 0.324 e. The molecule has 0 aliphatic carbocycles. The average molecular weight is 196 g/mol. The highest BCUT2D eigenvalue weighted by Crippen LogP contribution is 2.21. The molecule has 4 nitrogen and oxygen atoms in total. The Hall–Kier alpha value is -1.05. The van der Waals surface area contributed by atoms with Gasteiger partial charge < -0.3 is 10.0 Å². The van der Waals surface area contributed by atoms with Crippen LogP contribution in [-0.2, 0) is 4.79 Å². The van der Waals surface area contributed by atoms with Crippen molar-refractivity contribution in [2.24, 2.45) is 0 Å². The summed E-state index contributed by atoms with van der Waals surface area (Å²) in [7, 11) is 1.99. The highest BCUT2D eigenvalue weighted by molar-refractivity contribution is 5.79. The largest absolute Gasteiger partial charge is 0.480 e. The number of nitrogens with one attached hydrogen (secondary N) is 1. The molecule has 0 radical (unpaired) electrons. The van der Waals surface area contributed by atoms with Gasteiger partial charge >= 0.3 is 5.97 Å². The molecule has 4 heteroatoms. The summed E-state index contributed by atoms with van der Waals surface area (Å²) in [5.41, 5.74) is -0.807. The van der Waals surface area contributed by atoms with E-state index in [1.807, 2.05) is 7.05 Å². The van der Waals surface area contributed by atoms with Gasteiger partial charge in [-0.15, -0.1) is 6.42 Å². The summed E-state index contributed by atoms with van der Waals surface area (Å²) in [6.45, 7) is 1.91. The van der Waals surface area contributed by atoms with Crippen LogP contribution in [0.4, 0.5) is 0 Å². The molecule has 1 saturated heterocycles. The second kappa shape index (κ2) is 4.45. The van der Waals surface area contributed by atoms with E-state index in [-0.39, 0.29) is 0 Å². The molecular formula is C10H16N2O2. The number of piperidine rings is 1. The van der Waals surface area contributed by atoms with Crippen molar-refractivity contribution in [2.45, 2.75) is 18.4 Å². The molecule has 0 aromatic carbocycles. The predicted octanol–water partition coefficient (Wildman–Crippen LogP) is -0.242. The Labute approximate surface area is 84.3 Å². The van der Waals surface area contributed by atoms with Gasteiger partial charge in [-0.2, -0.15) is 0 Å². The minimum Gasteiger partial charge on any atom is -0.480 e. The second-order valence-electron chi connectivity index (χ2n) is 3.75. The first kappa shape index (κ1) is 11.0. The minimum absolute atomic E-state index is 0.315. The fourth-order valence-corrected chi connectivity index (χ4v) is 1.69. The fourth-order valence-electron chi connectivity index (χ4n) is 1.69. The van der Waals surface area contributed by atoms with Gasteiger partial charge in [0.05, 0.1) is 6.54 Å². The van der Waals surface area contributed by atoms with Crippen LogP contribution in [0.5, 0.6) is 0 Å². The van der Waals surface area contributed by atoms with E-state index in [0.717, 1.165) is 13.1 Å². The number of carboxylic acid groups (broad SMARTS) is 1. The third-order valence-electron chi connectivity index (χ3n) is 2.78. The van der Waals surface area contributed by atoms with Crippen molar-refractivity contribution in [2.75, 3.05) is 26.7 Å². The van der Waals surface area contributed by atoms with Crippen molar-refractivity contribution >= 4 is 5.97 Å². The molecular weight excluding hydrogens is 180 g/mol. The number of likely N-dealkylation sites (tertiary alicyclic amines) is 1. The smallest absolute Gasteiger partial charge is 0.324 e. The van der Waals surface area contributed by atoms with Gasteiger partial charge in [-0.3, -0.25) is 10.1 Å². The van der Waals surface area contributed by atoms with Crippen LogP contribution < -0.4 is 5.32 Å². The topological polar surface area (TPSA) is 52.6 Å². The molecule has 0 bridgehead atoms. The van der Waals surface area contributed by atoms with Crippen molar-refractivity contribution < 1.29 is 9.90 Å². The SMILES string of the molecule is C#CCNC1(C(=O)O)CCN(C)CC1. The van der Waals surface area contributed by atoms with Crippen molar-refractivity contribution in [1.82, 2.24) is 10.2 Å². The van der Waals surface area contributed by atoms with Gasteiger partial charge in [-0.1, -0.05) is 5.92 Å². The van der Waals surface area contributed by atoms with E-state index in [4.69, 9.17) is 11.5 Å². The molecule has 0 aromatic heterocycles. The lowest BCUT2D eigenvalue weighted by molar-refractivity contribution is -0.146. The first-order valence-corrected chi connectivity index (χ1v) is 4.71. The van der Waals surface area contributed by atoms with E-state index in [9.17, 15) is 4.79 Å². The van der Waals surface area contributed by atoms with Crippen LogP contribution >= 0.6 is 0 Å². The first-order chi connectivity index (χ1) is 6.60. The fraction of sp³-hybridized carbons (Fsp3) is 0.700. The number of hydrogen-bond acceptors (Lipinski definition) is 3. The zero-order chi connectivity index (χ0) is 10.6. The maximum absolute atomic E-state index is 11.1. The molecule has 0 atom stereocenters. The molecule has 1 rings (SSSR count). The van der Waals surface area contributed by atoms with Gasteiger partial charge in [0.2, 0.25) is 0 Å². The number of aliphatic carboxylic acids is 1. The molecule has 1 aliphatic heterocycles. The Morgan fingerprint density at radius 2 is 2.21 bits per heavy atom.